The van der Waals surface area contributed by atoms with Crippen LogP contribution in [0.4, 0.5) is 5.69 Å². The lowest BCUT2D eigenvalue weighted by Crippen LogP contribution is -2.45. The first-order valence-electron chi connectivity index (χ1n) is 6.58. The zero-order chi connectivity index (χ0) is 16.0. The molecule has 1 rings (SSSR count). The Labute approximate surface area is 133 Å². The molecule has 116 valence electrons. The summed E-state index contributed by atoms with van der Waals surface area (Å²) in [6.07, 6.45) is 0.955. The van der Waals surface area contributed by atoms with Gasteiger partial charge in [-0.3, -0.25) is 9.59 Å². The smallest absolute Gasteiger partial charge is 0.313 e. The van der Waals surface area contributed by atoms with Crippen LogP contribution in [0.1, 0.15) is 26.7 Å². The largest absolute Gasteiger partial charge is 0.388 e. The molecule has 0 aliphatic carbocycles. The average molecular weight is 333 g/mol. The first-order chi connectivity index (χ1) is 9.83. The van der Waals surface area contributed by atoms with Crippen molar-refractivity contribution >= 4 is 40.7 Å². The lowest BCUT2D eigenvalue weighted by molar-refractivity contribution is -0.136. The van der Waals surface area contributed by atoms with Crippen LogP contribution in [0.15, 0.2) is 18.2 Å². The van der Waals surface area contributed by atoms with E-state index in [0.717, 1.165) is 0 Å². The quantitative estimate of drug-likeness (QED) is 0.725. The maximum Gasteiger partial charge on any atom is 0.313 e. The van der Waals surface area contributed by atoms with Crippen molar-refractivity contribution in [2.75, 3.05) is 11.9 Å². The minimum absolute atomic E-state index is 0.00946. The van der Waals surface area contributed by atoms with Gasteiger partial charge in [-0.15, -0.1) is 0 Å². The lowest BCUT2D eigenvalue weighted by Gasteiger charge is -2.25. The second kappa shape index (κ2) is 7.64. The van der Waals surface area contributed by atoms with Gasteiger partial charge in [-0.2, -0.15) is 0 Å². The van der Waals surface area contributed by atoms with E-state index in [1.165, 1.54) is 6.07 Å². The molecule has 7 heteroatoms. The van der Waals surface area contributed by atoms with Crippen molar-refractivity contribution < 1.29 is 14.7 Å². The van der Waals surface area contributed by atoms with Gasteiger partial charge in [-0.05, 0) is 25.0 Å². The zero-order valence-electron chi connectivity index (χ0n) is 11.9. The summed E-state index contributed by atoms with van der Waals surface area (Å²) in [5, 5.41) is 15.3. The molecule has 2 amide bonds. The van der Waals surface area contributed by atoms with E-state index in [9.17, 15) is 14.7 Å². The standard InChI is InChI=1S/C14H18Cl2N2O3/c1-3-14(21,4-2)8-17-12(19)13(20)18-10-7-5-6-9(15)11(10)16/h5-7,21H,3-4,8H2,1-2H3,(H,17,19)(H,18,20). The molecule has 0 saturated carbocycles. The predicted octanol–water partition coefficient (Wildman–Crippen LogP) is 2.60. The number of amides is 2. The number of nitrogens with one attached hydrogen (secondary N) is 2. The Morgan fingerprint density at radius 3 is 2.38 bits per heavy atom. The van der Waals surface area contributed by atoms with Gasteiger partial charge in [0, 0.05) is 6.54 Å². The molecule has 0 spiro atoms. The number of carbonyl (C=O) groups excluding carboxylic acids is 2. The summed E-state index contributed by atoms with van der Waals surface area (Å²) in [7, 11) is 0. The molecular formula is C14H18Cl2N2O3. The van der Waals surface area contributed by atoms with E-state index in [-0.39, 0.29) is 22.3 Å². The van der Waals surface area contributed by atoms with Crippen LogP contribution in [-0.2, 0) is 9.59 Å². The maximum atomic E-state index is 11.8. The number of anilines is 1. The summed E-state index contributed by atoms with van der Waals surface area (Å²) < 4.78 is 0. The highest BCUT2D eigenvalue weighted by molar-refractivity contribution is 6.45. The number of rotatable bonds is 5. The first-order valence-corrected chi connectivity index (χ1v) is 7.34. The molecule has 0 bridgehead atoms. The topological polar surface area (TPSA) is 78.4 Å². The molecule has 0 fully saturated rings. The van der Waals surface area contributed by atoms with Crippen LogP contribution in [-0.4, -0.2) is 29.1 Å². The number of benzene rings is 1. The summed E-state index contributed by atoms with van der Waals surface area (Å²) in [4.78, 5) is 23.5. The fourth-order valence-corrected chi connectivity index (χ4v) is 1.95. The van der Waals surface area contributed by atoms with Crippen LogP contribution in [0.2, 0.25) is 10.0 Å². The van der Waals surface area contributed by atoms with Gasteiger partial charge in [0.15, 0.2) is 0 Å². The Kier molecular flexibility index (Phi) is 6.45. The summed E-state index contributed by atoms with van der Waals surface area (Å²) in [6, 6.07) is 4.71. The fourth-order valence-electron chi connectivity index (χ4n) is 1.60. The third-order valence-electron chi connectivity index (χ3n) is 3.30. The number of carbonyl (C=O) groups is 2. The van der Waals surface area contributed by atoms with Crippen molar-refractivity contribution in [1.82, 2.24) is 5.32 Å². The number of hydrogen-bond donors (Lipinski definition) is 3. The summed E-state index contributed by atoms with van der Waals surface area (Å²) in [5.41, 5.74) is -0.755. The molecule has 0 aliphatic heterocycles. The summed E-state index contributed by atoms with van der Waals surface area (Å²) in [5.74, 6) is -1.71. The van der Waals surface area contributed by atoms with Crippen molar-refractivity contribution in [3.05, 3.63) is 28.2 Å². The SMILES string of the molecule is CCC(O)(CC)CNC(=O)C(=O)Nc1cccc(Cl)c1Cl. The third-order valence-corrected chi connectivity index (χ3v) is 4.12. The van der Waals surface area contributed by atoms with Crippen molar-refractivity contribution in [2.24, 2.45) is 0 Å². The second-order valence-electron chi connectivity index (χ2n) is 4.67. The van der Waals surface area contributed by atoms with Gasteiger partial charge < -0.3 is 15.7 Å². The molecule has 1 aromatic rings. The Balaban J connectivity index is 2.64. The van der Waals surface area contributed by atoms with Gasteiger partial charge in [0.1, 0.15) is 0 Å². The zero-order valence-corrected chi connectivity index (χ0v) is 13.4. The van der Waals surface area contributed by atoms with Crippen molar-refractivity contribution in [3.8, 4) is 0 Å². The fraction of sp³-hybridized carbons (Fsp3) is 0.429. The minimum atomic E-state index is -1.01. The lowest BCUT2D eigenvalue weighted by atomic mass is 9.98. The molecule has 0 aliphatic rings. The van der Waals surface area contributed by atoms with E-state index in [4.69, 9.17) is 23.2 Å². The van der Waals surface area contributed by atoms with E-state index in [1.54, 1.807) is 12.1 Å². The molecule has 0 saturated heterocycles. The molecule has 0 atom stereocenters. The van der Waals surface area contributed by atoms with Crippen molar-refractivity contribution in [3.63, 3.8) is 0 Å². The molecule has 0 unspecified atom stereocenters. The first kappa shape index (κ1) is 17.8. The van der Waals surface area contributed by atoms with E-state index in [2.05, 4.69) is 10.6 Å². The predicted molar refractivity (Wildman–Crippen MR) is 83.6 cm³/mol. The summed E-state index contributed by atoms with van der Waals surface area (Å²) >= 11 is 11.7. The van der Waals surface area contributed by atoms with Gasteiger partial charge in [-0.25, -0.2) is 0 Å². The highest BCUT2D eigenvalue weighted by Gasteiger charge is 2.24. The van der Waals surface area contributed by atoms with Crippen LogP contribution < -0.4 is 10.6 Å². The molecule has 3 N–H and O–H groups in total. The normalized spacial score (nSPS) is 11.1. The van der Waals surface area contributed by atoms with E-state index in [0.29, 0.717) is 12.8 Å². The van der Waals surface area contributed by atoms with Crippen LogP contribution in [0.3, 0.4) is 0 Å². The highest BCUT2D eigenvalue weighted by atomic mass is 35.5. The van der Waals surface area contributed by atoms with E-state index >= 15 is 0 Å². The second-order valence-corrected chi connectivity index (χ2v) is 5.45. The molecule has 1 aromatic carbocycles. The van der Waals surface area contributed by atoms with Gasteiger partial charge in [-0.1, -0.05) is 43.1 Å². The molecular weight excluding hydrogens is 315 g/mol. The Morgan fingerprint density at radius 1 is 1.19 bits per heavy atom. The molecule has 0 radical (unpaired) electrons. The Morgan fingerprint density at radius 2 is 1.81 bits per heavy atom. The van der Waals surface area contributed by atoms with E-state index < -0.39 is 17.4 Å². The number of halogens is 2. The molecule has 0 aromatic heterocycles. The summed E-state index contributed by atoms with van der Waals surface area (Å²) in [6.45, 7) is 3.62. The van der Waals surface area contributed by atoms with Crippen LogP contribution in [0.25, 0.3) is 0 Å². The highest BCUT2D eigenvalue weighted by Crippen LogP contribution is 2.29. The van der Waals surface area contributed by atoms with Crippen LogP contribution in [0.5, 0.6) is 0 Å². The van der Waals surface area contributed by atoms with Gasteiger partial charge in [0.2, 0.25) is 0 Å². The van der Waals surface area contributed by atoms with E-state index in [1.807, 2.05) is 13.8 Å². The molecule has 21 heavy (non-hydrogen) atoms. The minimum Gasteiger partial charge on any atom is -0.388 e. The van der Waals surface area contributed by atoms with Gasteiger partial charge in [0.05, 0.1) is 21.3 Å². The Hall–Kier alpha value is -1.30. The monoisotopic (exact) mass is 332 g/mol. The van der Waals surface area contributed by atoms with Gasteiger partial charge >= 0.3 is 11.8 Å². The Bertz CT molecular complexity index is 531. The van der Waals surface area contributed by atoms with Crippen LogP contribution >= 0.6 is 23.2 Å². The van der Waals surface area contributed by atoms with Gasteiger partial charge in [0.25, 0.3) is 0 Å². The number of hydrogen-bond acceptors (Lipinski definition) is 3. The van der Waals surface area contributed by atoms with Crippen molar-refractivity contribution in [1.29, 1.82) is 0 Å². The van der Waals surface area contributed by atoms with Crippen molar-refractivity contribution in [2.45, 2.75) is 32.3 Å². The number of aliphatic hydroxyl groups is 1. The maximum absolute atomic E-state index is 11.8. The molecule has 5 nitrogen and oxygen atoms in total. The molecule has 0 heterocycles. The van der Waals surface area contributed by atoms with Crippen LogP contribution in [0, 0.1) is 0 Å². The average Bonchev–Trinajstić information content (AvgIpc) is 2.49. The third kappa shape index (κ3) is 4.88.